The van der Waals surface area contributed by atoms with E-state index in [0.717, 1.165) is 30.9 Å². The average Bonchev–Trinajstić information content (AvgIpc) is 2.28. The first kappa shape index (κ1) is 13.9. The maximum absolute atomic E-state index is 9.40. The first-order valence-corrected chi connectivity index (χ1v) is 6.00. The highest BCUT2D eigenvalue weighted by atomic mass is 16.3. The van der Waals surface area contributed by atoms with Crippen LogP contribution in [0.4, 0.5) is 5.82 Å². The Bertz CT molecular complexity index is 322. The molecule has 0 saturated heterocycles. The van der Waals surface area contributed by atoms with E-state index in [9.17, 15) is 5.11 Å². The number of pyridine rings is 1. The minimum atomic E-state index is -0.449. The van der Waals surface area contributed by atoms with Crippen LogP contribution in [-0.2, 0) is 0 Å². The molecule has 0 fully saturated rings. The summed E-state index contributed by atoms with van der Waals surface area (Å²) >= 11 is 0. The molecule has 1 rings (SSSR count). The van der Waals surface area contributed by atoms with Gasteiger partial charge in [0.2, 0.25) is 0 Å². The highest BCUT2D eigenvalue weighted by Crippen LogP contribution is 2.14. The van der Waals surface area contributed by atoms with Gasteiger partial charge in [0, 0.05) is 19.8 Å². The van der Waals surface area contributed by atoms with Gasteiger partial charge in [-0.25, -0.2) is 4.98 Å². The van der Waals surface area contributed by atoms with Gasteiger partial charge in [-0.2, -0.15) is 0 Å². The van der Waals surface area contributed by atoms with Crippen molar-refractivity contribution in [1.29, 1.82) is 0 Å². The van der Waals surface area contributed by atoms with E-state index in [1.165, 1.54) is 0 Å². The number of aromatic nitrogens is 1. The molecule has 0 aliphatic rings. The lowest BCUT2D eigenvalue weighted by Gasteiger charge is -2.19. The van der Waals surface area contributed by atoms with E-state index < -0.39 is 6.10 Å². The van der Waals surface area contributed by atoms with Crippen molar-refractivity contribution in [2.24, 2.45) is 0 Å². The normalized spacial score (nSPS) is 12.8. The second-order valence-electron chi connectivity index (χ2n) is 4.70. The average molecular weight is 237 g/mol. The zero-order valence-corrected chi connectivity index (χ0v) is 11.2. The molecule has 0 aliphatic carbocycles. The van der Waals surface area contributed by atoms with Crippen molar-refractivity contribution in [3.05, 3.63) is 23.9 Å². The molecule has 0 bridgehead atoms. The first-order valence-electron chi connectivity index (χ1n) is 6.00. The quantitative estimate of drug-likeness (QED) is 0.814. The fourth-order valence-corrected chi connectivity index (χ4v) is 1.61. The Morgan fingerprint density at radius 3 is 2.41 bits per heavy atom. The monoisotopic (exact) mass is 237 g/mol. The SMILES string of the molecule is CC(O)c1ccc(N(C)CCCN(C)C)nc1. The van der Waals surface area contributed by atoms with Gasteiger partial charge < -0.3 is 14.9 Å². The summed E-state index contributed by atoms with van der Waals surface area (Å²) in [5.74, 6) is 0.952. The summed E-state index contributed by atoms with van der Waals surface area (Å²) in [6, 6.07) is 3.88. The fourth-order valence-electron chi connectivity index (χ4n) is 1.61. The second-order valence-corrected chi connectivity index (χ2v) is 4.70. The number of anilines is 1. The van der Waals surface area contributed by atoms with E-state index in [1.807, 2.05) is 19.2 Å². The van der Waals surface area contributed by atoms with Gasteiger partial charge in [0.25, 0.3) is 0 Å². The molecular weight excluding hydrogens is 214 g/mol. The van der Waals surface area contributed by atoms with E-state index in [0.29, 0.717) is 0 Å². The molecule has 1 unspecified atom stereocenters. The van der Waals surface area contributed by atoms with Crippen molar-refractivity contribution in [2.75, 3.05) is 39.1 Å². The van der Waals surface area contributed by atoms with Crippen LogP contribution in [0.2, 0.25) is 0 Å². The highest BCUT2D eigenvalue weighted by molar-refractivity contribution is 5.38. The summed E-state index contributed by atoms with van der Waals surface area (Å²) in [5.41, 5.74) is 0.857. The van der Waals surface area contributed by atoms with E-state index in [1.54, 1.807) is 13.1 Å². The molecule has 17 heavy (non-hydrogen) atoms. The third-order valence-electron chi connectivity index (χ3n) is 2.74. The van der Waals surface area contributed by atoms with Crippen LogP contribution in [0.5, 0.6) is 0 Å². The largest absolute Gasteiger partial charge is 0.389 e. The molecule has 1 aromatic rings. The summed E-state index contributed by atoms with van der Waals surface area (Å²) in [6.07, 6.45) is 2.40. The Balaban J connectivity index is 2.48. The summed E-state index contributed by atoms with van der Waals surface area (Å²) in [7, 11) is 6.20. The molecule has 0 spiro atoms. The van der Waals surface area contributed by atoms with Crippen LogP contribution in [0, 0.1) is 0 Å². The summed E-state index contributed by atoms with van der Waals surface area (Å²) < 4.78 is 0. The maximum Gasteiger partial charge on any atom is 0.128 e. The van der Waals surface area contributed by atoms with E-state index >= 15 is 0 Å². The highest BCUT2D eigenvalue weighted by Gasteiger charge is 2.05. The number of aliphatic hydroxyl groups excluding tert-OH is 1. The molecule has 0 radical (unpaired) electrons. The van der Waals surface area contributed by atoms with Gasteiger partial charge in [-0.1, -0.05) is 6.07 Å². The Morgan fingerprint density at radius 1 is 1.24 bits per heavy atom. The standard InChI is InChI=1S/C13H23N3O/c1-11(17)12-6-7-13(14-10-12)16(4)9-5-8-15(2)3/h6-7,10-11,17H,5,8-9H2,1-4H3. The van der Waals surface area contributed by atoms with Crippen LogP contribution in [0.25, 0.3) is 0 Å². The van der Waals surface area contributed by atoms with Crippen LogP contribution in [0.3, 0.4) is 0 Å². The summed E-state index contributed by atoms with van der Waals surface area (Å²) in [4.78, 5) is 8.66. The maximum atomic E-state index is 9.40. The molecule has 1 atom stereocenters. The molecule has 4 heteroatoms. The van der Waals surface area contributed by atoms with E-state index in [2.05, 4.69) is 28.9 Å². The van der Waals surface area contributed by atoms with Gasteiger partial charge in [0.05, 0.1) is 6.10 Å². The Hall–Kier alpha value is -1.13. The topological polar surface area (TPSA) is 39.6 Å². The van der Waals surface area contributed by atoms with Gasteiger partial charge in [0.15, 0.2) is 0 Å². The number of rotatable bonds is 6. The lowest BCUT2D eigenvalue weighted by molar-refractivity contribution is 0.199. The molecule has 1 heterocycles. The Kier molecular flexibility index (Phi) is 5.38. The summed E-state index contributed by atoms with van der Waals surface area (Å²) in [6.45, 7) is 3.81. The predicted molar refractivity (Wildman–Crippen MR) is 71.3 cm³/mol. The predicted octanol–water partition coefficient (Wildman–Crippen LogP) is 1.52. The molecule has 0 aliphatic heterocycles. The number of hydrogen-bond acceptors (Lipinski definition) is 4. The van der Waals surface area contributed by atoms with Crippen molar-refractivity contribution in [2.45, 2.75) is 19.4 Å². The Labute approximate surface area is 104 Å². The van der Waals surface area contributed by atoms with E-state index in [-0.39, 0.29) is 0 Å². The number of nitrogens with zero attached hydrogens (tertiary/aromatic N) is 3. The van der Waals surface area contributed by atoms with Gasteiger partial charge >= 0.3 is 0 Å². The second kappa shape index (κ2) is 6.57. The van der Waals surface area contributed by atoms with Crippen molar-refractivity contribution >= 4 is 5.82 Å². The van der Waals surface area contributed by atoms with Crippen LogP contribution in [0.1, 0.15) is 25.0 Å². The van der Waals surface area contributed by atoms with Gasteiger partial charge in [-0.15, -0.1) is 0 Å². The smallest absolute Gasteiger partial charge is 0.128 e. The lowest BCUT2D eigenvalue weighted by atomic mass is 10.2. The van der Waals surface area contributed by atoms with E-state index in [4.69, 9.17) is 0 Å². The lowest BCUT2D eigenvalue weighted by Crippen LogP contribution is -2.24. The van der Waals surface area contributed by atoms with Crippen molar-refractivity contribution < 1.29 is 5.11 Å². The van der Waals surface area contributed by atoms with Crippen LogP contribution >= 0.6 is 0 Å². The van der Waals surface area contributed by atoms with Crippen LogP contribution in [-0.4, -0.2) is 49.2 Å². The molecule has 1 N–H and O–H groups in total. The minimum absolute atomic E-state index is 0.449. The van der Waals surface area contributed by atoms with Gasteiger partial charge in [-0.3, -0.25) is 0 Å². The molecule has 0 amide bonds. The molecule has 96 valence electrons. The fraction of sp³-hybridized carbons (Fsp3) is 0.615. The van der Waals surface area contributed by atoms with Crippen LogP contribution in [0.15, 0.2) is 18.3 Å². The Morgan fingerprint density at radius 2 is 1.94 bits per heavy atom. The number of aliphatic hydroxyl groups is 1. The molecule has 0 aromatic carbocycles. The van der Waals surface area contributed by atoms with Crippen molar-refractivity contribution in [3.63, 3.8) is 0 Å². The number of hydrogen-bond donors (Lipinski definition) is 1. The molecule has 1 aromatic heterocycles. The summed E-state index contributed by atoms with van der Waals surface area (Å²) in [5, 5.41) is 9.40. The molecule has 4 nitrogen and oxygen atoms in total. The van der Waals surface area contributed by atoms with Crippen molar-refractivity contribution in [1.82, 2.24) is 9.88 Å². The minimum Gasteiger partial charge on any atom is -0.389 e. The van der Waals surface area contributed by atoms with Crippen LogP contribution < -0.4 is 4.90 Å². The molecular formula is C13H23N3O. The third kappa shape index (κ3) is 4.71. The zero-order chi connectivity index (χ0) is 12.8. The third-order valence-corrected chi connectivity index (χ3v) is 2.74. The zero-order valence-electron chi connectivity index (χ0n) is 11.2. The van der Waals surface area contributed by atoms with Crippen molar-refractivity contribution in [3.8, 4) is 0 Å². The molecule has 0 saturated carbocycles. The first-order chi connectivity index (χ1) is 8.00. The van der Waals surface area contributed by atoms with Gasteiger partial charge in [0.1, 0.15) is 5.82 Å². The van der Waals surface area contributed by atoms with Gasteiger partial charge in [-0.05, 0) is 45.6 Å².